The zero-order valence-electron chi connectivity index (χ0n) is 11.3. The lowest BCUT2D eigenvalue weighted by Gasteiger charge is -2.32. The van der Waals surface area contributed by atoms with Crippen LogP contribution in [-0.4, -0.2) is 25.2 Å². The van der Waals surface area contributed by atoms with E-state index in [1.165, 1.54) is 37.8 Å². The Morgan fingerprint density at radius 1 is 1.26 bits per heavy atom. The molecule has 1 unspecified atom stereocenters. The summed E-state index contributed by atoms with van der Waals surface area (Å²) in [5, 5.41) is 12.7. The molecule has 1 saturated heterocycles. The molecule has 1 aliphatic carbocycles. The van der Waals surface area contributed by atoms with E-state index in [9.17, 15) is 0 Å². The zero-order valence-corrected chi connectivity index (χ0v) is 11.3. The molecule has 1 heterocycles. The molecule has 100 valence electrons. The van der Waals surface area contributed by atoms with Gasteiger partial charge in [-0.1, -0.05) is 12.5 Å². The summed E-state index contributed by atoms with van der Waals surface area (Å²) in [7, 11) is 0. The molecule has 0 spiro atoms. The second-order valence-corrected chi connectivity index (χ2v) is 5.69. The van der Waals surface area contributed by atoms with Crippen LogP contribution in [-0.2, 0) is 0 Å². The average molecular weight is 255 g/mol. The molecule has 0 bridgehead atoms. The Hall–Kier alpha value is -1.53. The van der Waals surface area contributed by atoms with Gasteiger partial charge in [0.25, 0.3) is 0 Å². The molecule has 1 saturated carbocycles. The van der Waals surface area contributed by atoms with Crippen molar-refractivity contribution in [3.63, 3.8) is 0 Å². The van der Waals surface area contributed by atoms with Crippen LogP contribution in [0.1, 0.15) is 37.7 Å². The van der Waals surface area contributed by atoms with Crippen LogP contribution < -0.4 is 10.2 Å². The lowest BCUT2D eigenvalue weighted by Crippen LogP contribution is -2.44. The summed E-state index contributed by atoms with van der Waals surface area (Å²) < 4.78 is 0. The first-order valence-electron chi connectivity index (χ1n) is 7.37. The van der Waals surface area contributed by atoms with Gasteiger partial charge in [-0.25, -0.2) is 0 Å². The maximum Gasteiger partial charge on any atom is 0.0992 e. The Bertz CT molecular complexity index is 467. The Kier molecular flexibility index (Phi) is 3.70. The molecule has 1 aliphatic heterocycles. The Morgan fingerprint density at radius 3 is 2.84 bits per heavy atom. The third kappa shape index (κ3) is 3.08. The molecule has 19 heavy (non-hydrogen) atoms. The quantitative estimate of drug-likeness (QED) is 0.899. The van der Waals surface area contributed by atoms with Crippen LogP contribution in [0.4, 0.5) is 5.69 Å². The van der Waals surface area contributed by atoms with Crippen LogP contribution in [0, 0.1) is 11.3 Å². The molecule has 0 radical (unpaired) electrons. The molecule has 3 heteroatoms. The van der Waals surface area contributed by atoms with Gasteiger partial charge >= 0.3 is 0 Å². The zero-order chi connectivity index (χ0) is 13.1. The molecular weight excluding hydrogens is 234 g/mol. The molecule has 3 nitrogen and oxygen atoms in total. The van der Waals surface area contributed by atoms with E-state index in [2.05, 4.69) is 22.4 Å². The van der Waals surface area contributed by atoms with Gasteiger partial charge in [-0.2, -0.15) is 5.26 Å². The molecule has 1 aromatic carbocycles. The standard InChI is InChI=1S/C16H21N3/c17-11-13-4-3-6-16(10-13)19(15-7-8-15)12-14-5-1-2-9-18-14/h3-4,6,10,14-15,18H,1-2,5,7-9,12H2. The van der Waals surface area contributed by atoms with Crippen LogP contribution in [0.3, 0.4) is 0 Å². The molecular formula is C16H21N3. The molecule has 1 N–H and O–H groups in total. The van der Waals surface area contributed by atoms with E-state index in [0.717, 1.165) is 18.7 Å². The summed E-state index contributed by atoms with van der Waals surface area (Å²) >= 11 is 0. The number of hydrogen-bond acceptors (Lipinski definition) is 3. The topological polar surface area (TPSA) is 39.1 Å². The number of benzene rings is 1. The van der Waals surface area contributed by atoms with E-state index >= 15 is 0 Å². The molecule has 0 aromatic heterocycles. The van der Waals surface area contributed by atoms with E-state index in [0.29, 0.717) is 12.1 Å². The number of nitrogens with one attached hydrogen (secondary N) is 1. The first kappa shape index (κ1) is 12.5. The van der Waals surface area contributed by atoms with Gasteiger partial charge in [-0.3, -0.25) is 0 Å². The Balaban J connectivity index is 1.74. The van der Waals surface area contributed by atoms with E-state index in [1.807, 2.05) is 18.2 Å². The molecule has 0 amide bonds. The number of nitriles is 1. The molecule has 2 fully saturated rings. The highest BCUT2D eigenvalue weighted by molar-refractivity contribution is 5.53. The van der Waals surface area contributed by atoms with Gasteiger partial charge in [-0.05, 0) is 50.4 Å². The Labute approximate surface area is 115 Å². The highest BCUT2D eigenvalue weighted by Gasteiger charge is 2.31. The van der Waals surface area contributed by atoms with Crippen molar-refractivity contribution < 1.29 is 0 Å². The molecule has 2 aliphatic rings. The van der Waals surface area contributed by atoms with Gasteiger partial charge in [0.2, 0.25) is 0 Å². The van der Waals surface area contributed by atoms with Crippen molar-refractivity contribution in [2.45, 2.75) is 44.2 Å². The fourth-order valence-electron chi connectivity index (χ4n) is 2.92. The normalized spacial score (nSPS) is 22.8. The average Bonchev–Trinajstić information content (AvgIpc) is 3.30. The predicted octanol–water partition coefficient (Wildman–Crippen LogP) is 2.67. The summed E-state index contributed by atoms with van der Waals surface area (Å²) in [6, 6.07) is 11.6. The minimum Gasteiger partial charge on any atom is -0.367 e. The fraction of sp³-hybridized carbons (Fsp3) is 0.562. The smallest absolute Gasteiger partial charge is 0.0992 e. The van der Waals surface area contributed by atoms with Crippen LogP contribution in [0.15, 0.2) is 24.3 Å². The monoisotopic (exact) mass is 255 g/mol. The van der Waals surface area contributed by atoms with Crippen molar-refractivity contribution in [3.05, 3.63) is 29.8 Å². The third-order valence-corrected chi connectivity index (χ3v) is 4.12. The molecule has 3 rings (SSSR count). The maximum absolute atomic E-state index is 9.04. The fourth-order valence-corrected chi connectivity index (χ4v) is 2.92. The van der Waals surface area contributed by atoms with Crippen LogP contribution >= 0.6 is 0 Å². The number of anilines is 1. The van der Waals surface area contributed by atoms with E-state index in [1.54, 1.807) is 0 Å². The minimum absolute atomic E-state index is 0.611. The molecule has 1 aromatic rings. The van der Waals surface area contributed by atoms with Gasteiger partial charge in [0, 0.05) is 24.3 Å². The van der Waals surface area contributed by atoms with Crippen molar-refractivity contribution in [2.24, 2.45) is 0 Å². The van der Waals surface area contributed by atoms with Gasteiger partial charge in [0.1, 0.15) is 0 Å². The lowest BCUT2D eigenvalue weighted by atomic mass is 10.0. The number of piperidine rings is 1. The summed E-state index contributed by atoms with van der Waals surface area (Å²) in [5.74, 6) is 0. The summed E-state index contributed by atoms with van der Waals surface area (Å²) in [5.41, 5.74) is 1.98. The second-order valence-electron chi connectivity index (χ2n) is 5.69. The van der Waals surface area contributed by atoms with Crippen LogP contribution in [0.25, 0.3) is 0 Å². The van der Waals surface area contributed by atoms with E-state index < -0.39 is 0 Å². The van der Waals surface area contributed by atoms with Crippen molar-refractivity contribution in [2.75, 3.05) is 18.0 Å². The Morgan fingerprint density at radius 2 is 2.16 bits per heavy atom. The number of nitrogens with zero attached hydrogens (tertiary/aromatic N) is 2. The minimum atomic E-state index is 0.611. The summed E-state index contributed by atoms with van der Waals surface area (Å²) in [6.07, 6.45) is 6.52. The lowest BCUT2D eigenvalue weighted by molar-refractivity contribution is 0.398. The van der Waals surface area contributed by atoms with Crippen LogP contribution in [0.2, 0.25) is 0 Å². The summed E-state index contributed by atoms with van der Waals surface area (Å²) in [4.78, 5) is 2.50. The first-order valence-corrected chi connectivity index (χ1v) is 7.37. The van der Waals surface area contributed by atoms with Crippen molar-refractivity contribution in [1.82, 2.24) is 5.32 Å². The maximum atomic E-state index is 9.04. The van der Waals surface area contributed by atoms with Crippen molar-refractivity contribution in [3.8, 4) is 6.07 Å². The van der Waals surface area contributed by atoms with Gasteiger partial charge in [0.15, 0.2) is 0 Å². The largest absolute Gasteiger partial charge is 0.367 e. The SMILES string of the molecule is N#Cc1cccc(N(CC2CCCCN2)C2CC2)c1. The van der Waals surface area contributed by atoms with E-state index in [-0.39, 0.29) is 0 Å². The van der Waals surface area contributed by atoms with E-state index in [4.69, 9.17) is 5.26 Å². The van der Waals surface area contributed by atoms with Gasteiger partial charge < -0.3 is 10.2 Å². The van der Waals surface area contributed by atoms with Crippen LogP contribution in [0.5, 0.6) is 0 Å². The number of rotatable bonds is 4. The molecule has 1 atom stereocenters. The van der Waals surface area contributed by atoms with Crippen molar-refractivity contribution >= 4 is 5.69 Å². The highest BCUT2D eigenvalue weighted by atomic mass is 15.2. The van der Waals surface area contributed by atoms with Gasteiger partial charge in [-0.15, -0.1) is 0 Å². The second kappa shape index (κ2) is 5.63. The first-order chi connectivity index (χ1) is 9.36. The van der Waals surface area contributed by atoms with Crippen molar-refractivity contribution in [1.29, 1.82) is 5.26 Å². The highest BCUT2D eigenvalue weighted by Crippen LogP contribution is 2.32. The predicted molar refractivity (Wildman–Crippen MR) is 77.2 cm³/mol. The summed E-state index contributed by atoms with van der Waals surface area (Å²) in [6.45, 7) is 2.24. The third-order valence-electron chi connectivity index (χ3n) is 4.12. The number of hydrogen-bond donors (Lipinski definition) is 1. The van der Waals surface area contributed by atoms with Gasteiger partial charge in [0.05, 0.1) is 11.6 Å².